The van der Waals surface area contributed by atoms with Crippen molar-refractivity contribution in [3.63, 3.8) is 0 Å². The molecule has 2 aliphatic rings. The highest BCUT2D eigenvalue weighted by Crippen LogP contribution is 2.32. The molecule has 1 aromatic heterocycles. The van der Waals surface area contributed by atoms with E-state index < -0.39 is 12.2 Å². The van der Waals surface area contributed by atoms with Crippen molar-refractivity contribution in [2.75, 3.05) is 42.6 Å². The van der Waals surface area contributed by atoms with Crippen LogP contribution >= 0.6 is 22.9 Å². The maximum absolute atomic E-state index is 12.5. The summed E-state index contributed by atoms with van der Waals surface area (Å²) >= 11 is 7.06. The molecule has 0 radical (unpaired) electrons. The number of nitrogens with zero attached hydrogens (tertiary/aromatic N) is 2. The Morgan fingerprint density at radius 1 is 1.23 bits per heavy atom. The van der Waals surface area contributed by atoms with Gasteiger partial charge in [-0.25, -0.2) is 4.79 Å². The Morgan fingerprint density at radius 3 is 2.61 bits per heavy atom. The zero-order valence-electron chi connectivity index (χ0n) is 17.1. The quantitative estimate of drug-likeness (QED) is 0.736. The first-order chi connectivity index (χ1) is 14.8. The van der Waals surface area contributed by atoms with Gasteiger partial charge in [-0.3, -0.25) is 14.5 Å². The van der Waals surface area contributed by atoms with Crippen molar-refractivity contribution < 1.29 is 23.9 Å². The molecule has 2 saturated heterocycles. The summed E-state index contributed by atoms with van der Waals surface area (Å²) in [6, 6.07) is 7.07. The predicted molar refractivity (Wildman–Crippen MR) is 118 cm³/mol. The number of nitrogens with one attached hydrogen (secondary N) is 1. The predicted octanol–water partition coefficient (Wildman–Crippen LogP) is 3.14. The number of carbonyl (C=O) groups is 3. The molecule has 1 aromatic carbocycles. The number of hydrogen-bond acceptors (Lipinski definition) is 6. The molecule has 0 saturated carbocycles. The van der Waals surface area contributed by atoms with Crippen molar-refractivity contribution in [2.45, 2.75) is 20.0 Å². The number of ether oxygens (including phenoxy) is 2. The van der Waals surface area contributed by atoms with Gasteiger partial charge in [-0.05, 0) is 49.2 Å². The van der Waals surface area contributed by atoms with Crippen molar-refractivity contribution in [3.05, 3.63) is 44.6 Å². The Bertz CT molecular complexity index is 1020. The second-order valence-electron chi connectivity index (χ2n) is 7.46. The van der Waals surface area contributed by atoms with Crippen LogP contribution < -0.4 is 15.1 Å². The second-order valence-corrected chi connectivity index (χ2v) is 9.17. The van der Waals surface area contributed by atoms with E-state index in [0.717, 1.165) is 16.8 Å². The topological polar surface area (TPSA) is 88.2 Å². The molecular weight excluding hydrogens is 442 g/mol. The molecule has 2 fully saturated rings. The lowest BCUT2D eigenvalue weighted by molar-refractivity contribution is -0.125. The van der Waals surface area contributed by atoms with E-state index in [0.29, 0.717) is 34.6 Å². The maximum Gasteiger partial charge on any atom is 0.414 e. The van der Waals surface area contributed by atoms with E-state index in [1.54, 1.807) is 21.9 Å². The van der Waals surface area contributed by atoms with Gasteiger partial charge in [-0.15, -0.1) is 11.3 Å². The van der Waals surface area contributed by atoms with Crippen molar-refractivity contribution >= 4 is 52.2 Å². The summed E-state index contributed by atoms with van der Waals surface area (Å²) in [4.78, 5) is 40.7. The van der Waals surface area contributed by atoms with Crippen LogP contribution in [0, 0.1) is 13.8 Å². The molecule has 0 aliphatic carbocycles. The van der Waals surface area contributed by atoms with Gasteiger partial charge in [0.1, 0.15) is 12.7 Å². The number of hydrogen-bond donors (Lipinski definition) is 1. The smallest absolute Gasteiger partial charge is 0.414 e. The number of rotatable bonds is 5. The zero-order chi connectivity index (χ0) is 22.1. The summed E-state index contributed by atoms with van der Waals surface area (Å²) in [5.41, 5.74) is 3.33. The molecule has 1 atom stereocenters. The second kappa shape index (κ2) is 8.86. The number of halogens is 1. The molecule has 2 aromatic rings. The van der Waals surface area contributed by atoms with Gasteiger partial charge in [0.2, 0.25) is 0 Å². The van der Waals surface area contributed by atoms with Crippen molar-refractivity contribution in [1.82, 2.24) is 5.32 Å². The molecule has 3 heterocycles. The number of carbonyl (C=O) groups excluding carboxylic acids is 3. The molecule has 10 heteroatoms. The molecule has 4 rings (SSSR count). The average Bonchev–Trinajstić information content (AvgIpc) is 3.32. The van der Waals surface area contributed by atoms with Gasteiger partial charge >= 0.3 is 6.09 Å². The van der Waals surface area contributed by atoms with Crippen LogP contribution in [0.3, 0.4) is 0 Å². The lowest BCUT2D eigenvalue weighted by Crippen LogP contribution is -2.42. The van der Waals surface area contributed by atoms with Gasteiger partial charge in [-0.1, -0.05) is 11.6 Å². The van der Waals surface area contributed by atoms with Gasteiger partial charge in [-0.2, -0.15) is 0 Å². The van der Waals surface area contributed by atoms with Crippen LogP contribution in [0.15, 0.2) is 24.3 Å². The molecule has 0 bridgehead atoms. The molecule has 8 nitrogen and oxygen atoms in total. The molecule has 1 unspecified atom stereocenters. The Kier molecular flexibility index (Phi) is 6.17. The Balaban J connectivity index is 1.44. The summed E-state index contributed by atoms with van der Waals surface area (Å²) in [6.45, 7) is 5.43. The number of benzene rings is 1. The number of amides is 3. The van der Waals surface area contributed by atoms with Gasteiger partial charge in [0.25, 0.3) is 11.8 Å². The fraction of sp³-hybridized carbons (Fsp3) is 0.381. The first-order valence-corrected chi connectivity index (χ1v) is 11.0. The van der Waals surface area contributed by atoms with Gasteiger partial charge < -0.3 is 19.7 Å². The Hall–Kier alpha value is -2.62. The van der Waals surface area contributed by atoms with Crippen molar-refractivity contribution in [2.24, 2.45) is 0 Å². The Labute approximate surface area is 188 Å². The maximum atomic E-state index is 12.5. The van der Waals surface area contributed by atoms with Gasteiger partial charge in [0.05, 0.1) is 28.9 Å². The summed E-state index contributed by atoms with van der Waals surface area (Å²) in [5.74, 6) is -0.328. The zero-order valence-corrected chi connectivity index (χ0v) is 18.7. The minimum absolute atomic E-state index is 0.0736. The van der Waals surface area contributed by atoms with Gasteiger partial charge in [0.15, 0.2) is 0 Å². The number of cyclic esters (lactones) is 1. The fourth-order valence-corrected chi connectivity index (χ4v) is 4.80. The molecule has 31 heavy (non-hydrogen) atoms. The minimum atomic E-state index is -0.465. The van der Waals surface area contributed by atoms with E-state index in [1.807, 2.05) is 26.0 Å². The van der Waals surface area contributed by atoms with Crippen LogP contribution in [-0.4, -0.2) is 56.9 Å². The van der Waals surface area contributed by atoms with E-state index in [-0.39, 0.29) is 25.0 Å². The largest absolute Gasteiger partial charge is 0.442 e. The highest BCUT2D eigenvalue weighted by atomic mass is 35.5. The number of aryl methyl sites for hydroxylation is 2. The highest BCUT2D eigenvalue weighted by Gasteiger charge is 2.33. The average molecular weight is 464 g/mol. The first-order valence-electron chi connectivity index (χ1n) is 9.84. The van der Waals surface area contributed by atoms with Crippen LogP contribution in [0.25, 0.3) is 0 Å². The van der Waals surface area contributed by atoms with Crippen LogP contribution in [0.2, 0.25) is 4.34 Å². The van der Waals surface area contributed by atoms with E-state index in [1.165, 1.54) is 11.3 Å². The standard InChI is InChI=1S/C21H22ClN3O5S/c1-12-7-14(8-13(2)19(12)24-5-6-29-11-18(24)26)25-10-15(30-21(25)28)9-23-20(27)16-3-4-17(22)31-16/h3-4,7-8,15H,5-6,9-11H2,1-2H3,(H,23,27). The molecule has 1 N–H and O–H groups in total. The summed E-state index contributed by atoms with van der Waals surface area (Å²) < 4.78 is 11.2. The lowest BCUT2D eigenvalue weighted by atomic mass is 10.0. The van der Waals surface area contributed by atoms with E-state index in [2.05, 4.69) is 5.32 Å². The fourth-order valence-electron chi connectivity index (χ4n) is 3.84. The van der Waals surface area contributed by atoms with Crippen LogP contribution in [0.1, 0.15) is 20.8 Å². The number of morpholine rings is 1. The van der Waals surface area contributed by atoms with E-state index in [4.69, 9.17) is 21.1 Å². The van der Waals surface area contributed by atoms with Crippen LogP contribution in [0.5, 0.6) is 0 Å². The van der Waals surface area contributed by atoms with Crippen LogP contribution in [0.4, 0.5) is 16.2 Å². The first kappa shape index (κ1) is 21.6. The molecule has 3 amide bonds. The molecular formula is C21H22ClN3O5S. The minimum Gasteiger partial charge on any atom is -0.442 e. The monoisotopic (exact) mass is 463 g/mol. The molecule has 164 valence electrons. The van der Waals surface area contributed by atoms with Crippen molar-refractivity contribution in [1.29, 1.82) is 0 Å². The van der Waals surface area contributed by atoms with E-state index >= 15 is 0 Å². The highest BCUT2D eigenvalue weighted by molar-refractivity contribution is 7.18. The van der Waals surface area contributed by atoms with Crippen LogP contribution in [-0.2, 0) is 14.3 Å². The number of anilines is 2. The molecule has 2 aliphatic heterocycles. The third-order valence-electron chi connectivity index (χ3n) is 5.20. The lowest BCUT2D eigenvalue weighted by Gasteiger charge is -2.30. The SMILES string of the molecule is Cc1cc(N2CC(CNC(=O)c3ccc(Cl)s3)OC2=O)cc(C)c1N1CCOCC1=O. The summed E-state index contributed by atoms with van der Waals surface area (Å²) in [7, 11) is 0. The molecule has 0 spiro atoms. The van der Waals surface area contributed by atoms with Gasteiger partial charge in [0, 0.05) is 17.9 Å². The third kappa shape index (κ3) is 4.53. The Morgan fingerprint density at radius 2 is 1.97 bits per heavy atom. The summed E-state index contributed by atoms with van der Waals surface area (Å²) in [6.07, 6.45) is -0.930. The normalized spacial score (nSPS) is 19.0. The van der Waals surface area contributed by atoms with E-state index in [9.17, 15) is 14.4 Å². The third-order valence-corrected chi connectivity index (χ3v) is 6.43. The van der Waals surface area contributed by atoms with Crippen molar-refractivity contribution in [3.8, 4) is 0 Å². The summed E-state index contributed by atoms with van der Waals surface area (Å²) in [5, 5.41) is 2.78. The number of thiophene rings is 1.